The van der Waals surface area contributed by atoms with Gasteiger partial charge in [0.25, 0.3) is 0 Å². The molecule has 1 heterocycles. The highest BCUT2D eigenvalue weighted by Gasteiger charge is 2.34. The zero-order valence-electron chi connectivity index (χ0n) is 10.2. The molecular weight excluding hydrogens is 278 g/mol. The quantitative estimate of drug-likeness (QED) is 0.802. The maximum absolute atomic E-state index is 13.2. The highest BCUT2D eigenvalue weighted by atomic mass is 19.4. The first-order valence-electron chi connectivity index (χ1n) is 5.83. The lowest BCUT2D eigenvalue weighted by molar-refractivity contribution is -0.137. The van der Waals surface area contributed by atoms with Gasteiger partial charge in [0.1, 0.15) is 5.82 Å². The van der Waals surface area contributed by atoms with E-state index in [-0.39, 0.29) is 25.1 Å². The first-order valence-corrected chi connectivity index (χ1v) is 5.83. The second-order valence-corrected chi connectivity index (χ2v) is 4.40. The van der Waals surface area contributed by atoms with Gasteiger partial charge in [-0.1, -0.05) is 6.08 Å². The Balaban J connectivity index is 2.38. The smallest absolute Gasteiger partial charge is 0.416 e. The molecule has 0 saturated heterocycles. The van der Waals surface area contributed by atoms with Gasteiger partial charge < -0.3 is 10.0 Å². The van der Waals surface area contributed by atoms with Crippen LogP contribution in [0.5, 0.6) is 0 Å². The van der Waals surface area contributed by atoms with Crippen molar-refractivity contribution in [1.82, 2.24) is 4.90 Å². The van der Waals surface area contributed by atoms with Crippen molar-refractivity contribution in [2.24, 2.45) is 0 Å². The van der Waals surface area contributed by atoms with Gasteiger partial charge in [0.2, 0.25) is 0 Å². The van der Waals surface area contributed by atoms with E-state index in [9.17, 15) is 22.4 Å². The molecule has 0 saturated carbocycles. The van der Waals surface area contributed by atoms with Gasteiger partial charge in [0.05, 0.1) is 5.56 Å². The molecule has 1 aromatic rings. The van der Waals surface area contributed by atoms with E-state index in [0.29, 0.717) is 11.6 Å². The second-order valence-electron chi connectivity index (χ2n) is 4.40. The number of rotatable bonds is 1. The minimum atomic E-state index is -4.58. The Hall–Kier alpha value is -2.05. The predicted molar refractivity (Wildman–Crippen MR) is 63.6 cm³/mol. The van der Waals surface area contributed by atoms with Crippen LogP contribution in [0.15, 0.2) is 24.3 Å². The molecule has 20 heavy (non-hydrogen) atoms. The van der Waals surface area contributed by atoms with Crippen molar-refractivity contribution >= 4 is 11.7 Å². The zero-order chi connectivity index (χ0) is 14.9. The number of carbonyl (C=O) groups is 1. The molecule has 7 heteroatoms. The van der Waals surface area contributed by atoms with Crippen LogP contribution in [0.4, 0.5) is 22.4 Å². The van der Waals surface area contributed by atoms with Crippen LogP contribution in [0.25, 0.3) is 5.57 Å². The average molecular weight is 289 g/mol. The Bertz CT molecular complexity index is 566. The molecule has 1 aliphatic heterocycles. The molecule has 0 fully saturated rings. The zero-order valence-corrected chi connectivity index (χ0v) is 10.2. The summed E-state index contributed by atoms with van der Waals surface area (Å²) in [6, 6.07) is 2.30. The fourth-order valence-electron chi connectivity index (χ4n) is 2.12. The molecule has 0 radical (unpaired) electrons. The van der Waals surface area contributed by atoms with Gasteiger partial charge in [-0.25, -0.2) is 9.18 Å². The first kappa shape index (κ1) is 14.4. The number of amides is 1. The summed E-state index contributed by atoms with van der Waals surface area (Å²) in [6.45, 7) is 0.0907. The summed E-state index contributed by atoms with van der Waals surface area (Å²) in [5, 5.41) is 8.78. The molecular formula is C13H11F4NO2. The van der Waals surface area contributed by atoms with Crippen LogP contribution >= 0.6 is 0 Å². The van der Waals surface area contributed by atoms with E-state index in [1.165, 1.54) is 6.08 Å². The molecule has 1 amide bonds. The predicted octanol–water partition coefficient (Wildman–Crippen LogP) is 3.61. The monoisotopic (exact) mass is 289 g/mol. The van der Waals surface area contributed by atoms with Crippen molar-refractivity contribution in [1.29, 1.82) is 0 Å². The SMILES string of the molecule is O=C(O)N1CC=C(c2cc(F)ccc2C(F)(F)F)CC1. The number of carboxylic acid groups (broad SMARTS) is 1. The third-order valence-electron chi connectivity index (χ3n) is 3.11. The number of nitrogens with zero attached hydrogens (tertiary/aromatic N) is 1. The molecule has 0 atom stereocenters. The lowest BCUT2D eigenvalue weighted by Gasteiger charge is -2.25. The Labute approximate surface area is 112 Å². The van der Waals surface area contributed by atoms with Crippen LogP contribution in [0, 0.1) is 5.82 Å². The summed E-state index contributed by atoms with van der Waals surface area (Å²) < 4.78 is 51.9. The van der Waals surface area contributed by atoms with Gasteiger partial charge in [-0.15, -0.1) is 0 Å². The van der Waals surface area contributed by atoms with E-state index in [1.54, 1.807) is 0 Å². The van der Waals surface area contributed by atoms with Gasteiger partial charge in [-0.2, -0.15) is 13.2 Å². The van der Waals surface area contributed by atoms with E-state index < -0.39 is 23.7 Å². The van der Waals surface area contributed by atoms with Crippen LogP contribution in [0.3, 0.4) is 0 Å². The molecule has 0 aromatic heterocycles. The van der Waals surface area contributed by atoms with E-state index in [0.717, 1.165) is 17.0 Å². The maximum Gasteiger partial charge on any atom is 0.416 e. The van der Waals surface area contributed by atoms with E-state index in [1.807, 2.05) is 0 Å². The van der Waals surface area contributed by atoms with Crippen molar-refractivity contribution in [3.63, 3.8) is 0 Å². The number of hydrogen-bond acceptors (Lipinski definition) is 1. The standard InChI is InChI=1S/C13H11F4NO2/c14-9-1-2-11(13(15,16)17)10(7-9)8-3-5-18(6-4-8)12(19)20/h1-3,7H,4-6H2,(H,19,20). The third kappa shape index (κ3) is 2.92. The molecule has 108 valence electrons. The Morgan fingerprint density at radius 2 is 2.00 bits per heavy atom. The van der Waals surface area contributed by atoms with Crippen molar-refractivity contribution in [2.45, 2.75) is 12.6 Å². The van der Waals surface area contributed by atoms with Crippen LogP contribution in [-0.2, 0) is 6.18 Å². The summed E-state index contributed by atoms with van der Waals surface area (Å²) in [4.78, 5) is 11.8. The van der Waals surface area contributed by atoms with Crippen LogP contribution in [0.2, 0.25) is 0 Å². The summed E-state index contributed by atoms with van der Waals surface area (Å²) >= 11 is 0. The molecule has 0 unspecified atom stereocenters. The highest BCUT2D eigenvalue weighted by Crippen LogP contribution is 2.37. The van der Waals surface area contributed by atoms with Gasteiger partial charge in [-0.3, -0.25) is 0 Å². The molecule has 1 N–H and O–H groups in total. The largest absolute Gasteiger partial charge is 0.465 e. The lowest BCUT2D eigenvalue weighted by atomic mass is 9.94. The lowest BCUT2D eigenvalue weighted by Crippen LogP contribution is -2.33. The summed E-state index contributed by atoms with van der Waals surface area (Å²) in [5.41, 5.74) is -0.814. The average Bonchev–Trinajstić information content (AvgIpc) is 2.37. The van der Waals surface area contributed by atoms with E-state index in [4.69, 9.17) is 5.11 Å². The summed E-state index contributed by atoms with van der Waals surface area (Å²) in [7, 11) is 0. The van der Waals surface area contributed by atoms with E-state index >= 15 is 0 Å². The van der Waals surface area contributed by atoms with E-state index in [2.05, 4.69) is 0 Å². The fourth-order valence-corrected chi connectivity index (χ4v) is 2.12. The van der Waals surface area contributed by atoms with Crippen LogP contribution in [-0.4, -0.2) is 29.2 Å². The van der Waals surface area contributed by atoms with Crippen molar-refractivity contribution in [2.75, 3.05) is 13.1 Å². The van der Waals surface area contributed by atoms with Gasteiger partial charge in [-0.05, 0) is 35.8 Å². The van der Waals surface area contributed by atoms with Crippen molar-refractivity contribution < 1.29 is 27.5 Å². The molecule has 1 aliphatic rings. The maximum atomic E-state index is 13.2. The van der Waals surface area contributed by atoms with Crippen LogP contribution in [0.1, 0.15) is 17.5 Å². The Morgan fingerprint density at radius 1 is 1.30 bits per heavy atom. The van der Waals surface area contributed by atoms with Gasteiger partial charge >= 0.3 is 12.3 Å². The number of benzene rings is 1. The summed E-state index contributed by atoms with van der Waals surface area (Å²) in [6.07, 6.45) is -4.19. The summed E-state index contributed by atoms with van der Waals surface area (Å²) in [5.74, 6) is -0.755. The van der Waals surface area contributed by atoms with Gasteiger partial charge in [0.15, 0.2) is 0 Å². The third-order valence-corrected chi connectivity index (χ3v) is 3.11. The molecule has 3 nitrogen and oxygen atoms in total. The molecule has 0 bridgehead atoms. The minimum Gasteiger partial charge on any atom is -0.465 e. The molecule has 2 rings (SSSR count). The minimum absolute atomic E-state index is 0.00151. The fraction of sp³-hybridized carbons (Fsp3) is 0.308. The molecule has 0 aliphatic carbocycles. The van der Waals surface area contributed by atoms with Crippen molar-refractivity contribution in [3.05, 3.63) is 41.2 Å². The highest BCUT2D eigenvalue weighted by molar-refractivity contribution is 5.73. The van der Waals surface area contributed by atoms with Gasteiger partial charge in [0, 0.05) is 13.1 Å². The van der Waals surface area contributed by atoms with Crippen molar-refractivity contribution in [3.8, 4) is 0 Å². The molecule has 0 spiro atoms. The normalized spacial score (nSPS) is 16.0. The second kappa shape index (κ2) is 5.15. The molecule has 1 aromatic carbocycles. The number of halogens is 4. The topological polar surface area (TPSA) is 40.5 Å². The Morgan fingerprint density at radius 3 is 2.50 bits per heavy atom. The van der Waals surface area contributed by atoms with Crippen LogP contribution < -0.4 is 0 Å². The first-order chi connectivity index (χ1) is 9.29. The number of alkyl halides is 3. The number of hydrogen-bond donors (Lipinski definition) is 1. The Kier molecular flexibility index (Phi) is 3.69.